The van der Waals surface area contributed by atoms with Crippen molar-refractivity contribution in [2.75, 3.05) is 6.54 Å². The molecule has 2 rings (SSSR count). The number of hydrogen-bond donors (Lipinski definition) is 0. The van der Waals surface area contributed by atoms with Gasteiger partial charge in [0.25, 0.3) is 0 Å². The van der Waals surface area contributed by atoms with Crippen LogP contribution < -0.4 is 0 Å². The molecule has 2 saturated heterocycles. The second-order valence-corrected chi connectivity index (χ2v) is 8.68. The van der Waals surface area contributed by atoms with Crippen LogP contribution in [-0.4, -0.2) is 29.8 Å². The van der Waals surface area contributed by atoms with Crippen LogP contribution in [0.3, 0.4) is 0 Å². The van der Waals surface area contributed by atoms with E-state index in [2.05, 4.69) is 103 Å². The molecule has 2 fully saturated rings. The van der Waals surface area contributed by atoms with Crippen LogP contribution in [0, 0.1) is 5.92 Å². The van der Waals surface area contributed by atoms with Gasteiger partial charge in [-0.15, -0.1) is 13.2 Å². The molecule has 0 amide bonds. The van der Waals surface area contributed by atoms with Gasteiger partial charge in [-0.2, -0.15) is 0 Å². The summed E-state index contributed by atoms with van der Waals surface area (Å²) in [6.07, 6.45) is 13.9. The first-order valence-electron chi connectivity index (χ1n) is 11.1. The van der Waals surface area contributed by atoms with Gasteiger partial charge in [0, 0.05) is 18.2 Å². The minimum Gasteiger partial charge on any atom is -0.400 e. The van der Waals surface area contributed by atoms with Gasteiger partial charge in [-0.05, 0) is 71.6 Å². The average molecular weight is 411 g/mol. The zero-order valence-corrected chi connectivity index (χ0v) is 20.3. The van der Waals surface area contributed by atoms with Crippen molar-refractivity contribution in [3.8, 4) is 0 Å². The fourth-order valence-corrected chi connectivity index (χ4v) is 3.76. The lowest BCUT2D eigenvalue weighted by Crippen LogP contribution is -2.41. The first kappa shape index (κ1) is 26.3. The van der Waals surface area contributed by atoms with Crippen LogP contribution in [-0.2, 0) is 9.31 Å². The van der Waals surface area contributed by atoms with Gasteiger partial charge < -0.3 is 14.2 Å². The monoisotopic (exact) mass is 411 g/mol. The molecule has 0 radical (unpaired) electrons. The Labute approximate surface area is 186 Å². The maximum atomic E-state index is 6.28. The van der Waals surface area contributed by atoms with Gasteiger partial charge in [0.15, 0.2) is 0 Å². The minimum atomic E-state index is -0.343. The average Bonchev–Trinajstić information content (AvgIpc) is 2.83. The van der Waals surface area contributed by atoms with Crippen LogP contribution in [0.25, 0.3) is 0 Å². The predicted octanol–water partition coefficient (Wildman–Crippen LogP) is 7.02. The van der Waals surface area contributed by atoms with Gasteiger partial charge in [-0.3, -0.25) is 0 Å². The fourth-order valence-electron chi connectivity index (χ4n) is 3.76. The van der Waals surface area contributed by atoms with E-state index in [1.165, 1.54) is 16.8 Å². The Bertz CT molecular complexity index is 684. The Kier molecular flexibility index (Phi) is 10.1. The van der Waals surface area contributed by atoms with E-state index in [9.17, 15) is 0 Å². The lowest BCUT2D eigenvalue weighted by molar-refractivity contribution is 0.00578. The highest BCUT2D eigenvalue weighted by Gasteiger charge is 2.50. The molecule has 0 aromatic rings. The van der Waals surface area contributed by atoms with E-state index in [1.54, 1.807) is 0 Å². The summed E-state index contributed by atoms with van der Waals surface area (Å²) in [5.41, 5.74) is 3.30. The maximum absolute atomic E-state index is 6.28. The Morgan fingerprint density at radius 1 is 1.13 bits per heavy atom. The summed E-state index contributed by atoms with van der Waals surface area (Å²) in [4.78, 5) is 2.27. The third-order valence-corrected chi connectivity index (χ3v) is 6.23. The number of rotatable bonds is 5. The molecule has 1 atom stereocenters. The summed E-state index contributed by atoms with van der Waals surface area (Å²) in [6.45, 7) is 26.0. The Balaban J connectivity index is 0.00000218. The van der Waals surface area contributed by atoms with Crippen LogP contribution in [0.4, 0.5) is 0 Å². The number of hydrogen-bond acceptors (Lipinski definition) is 3. The van der Waals surface area contributed by atoms with Crippen LogP contribution in [0.5, 0.6) is 0 Å². The van der Waals surface area contributed by atoms with E-state index < -0.39 is 0 Å². The van der Waals surface area contributed by atoms with E-state index >= 15 is 0 Å². The molecule has 0 aromatic heterocycles. The zero-order valence-electron chi connectivity index (χ0n) is 20.3. The molecular weight excluding hydrogens is 369 g/mol. The van der Waals surface area contributed by atoms with Crippen molar-refractivity contribution < 1.29 is 9.31 Å². The normalized spacial score (nSPS) is 27.4. The summed E-state index contributed by atoms with van der Waals surface area (Å²) in [5.74, 6) is 2.50. The summed E-state index contributed by atoms with van der Waals surface area (Å²) >= 11 is 0. The molecule has 0 aromatic carbocycles. The fraction of sp³-hybridized carbons (Fsp3) is 0.538. The van der Waals surface area contributed by atoms with Gasteiger partial charge in [-0.25, -0.2) is 0 Å². The molecule has 0 N–H and O–H groups in total. The first-order chi connectivity index (χ1) is 14.2. The number of allylic oxidation sites excluding steroid dienone is 5. The van der Waals surface area contributed by atoms with Crippen LogP contribution >= 0.6 is 0 Å². The van der Waals surface area contributed by atoms with Crippen LogP contribution in [0.2, 0.25) is 0 Å². The quantitative estimate of drug-likeness (QED) is 0.358. The molecule has 30 heavy (non-hydrogen) atoms. The summed E-state index contributed by atoms with van der Waals surface area (Å²) in [5, 5.41) is 0. The Morgan fingerprint density at radius 2 is 1.73 bits per heavy atom. The maximum Gasteiger partial charge on any atom is 0.487 e. The highest BCUT2D eigenvalue weighted by molar-refractivity contribution is 6.52. The van der Waals surface area contributed by atoms with E-state index in [4.69, 9.17) is 9.31 Å². The summed E-state index contributed by atoms with van der Waals surface area (Å²) in [6, 6.07) is 0. The van der Waals surface area contributed by atoms with E-state index in [-0.39, 0.29) is 18.3 Å². The molecule has 0 saturated carbocycles. The van der Waals surface area contributed by atoms with Gasteiger partial charge in [0.1, 0.15) is 0 Å². The summed E-state index contributed by atoms with van der Waals surface area (Å²) in [7, 11) is -0.343. The van der Waals surface area contributed by atoms with Gasteiger partial charge >= 0.3 is 7.12 Å². The minimum absolute atomic E-state index is 0.312. The van der Waals surface area contributed by atoms with Crippen molar-refractivity contribution in [1.29, 1.82) is 0 Å². The second kappa shape index (κ2) is 11.6. The lowest BCUT2D eigenvalue weighted by atomic mass is 9.79. The van der Waals surface area contributed by atoms with Crippen LogP contribution in [0.15, 0.2) is 73.1 Å². The van der Waals surface area contributed by atoms with Crippen molar-refractivity contribution in [2.24, 2.45) is 5.92 Å². The van der Waals surface area contributed by atoms with Gasteiger partial charge in [0.05, 0.1) is 11.2 Å². The Hall–Kier alpha value is -1.78. The lowest BCUT2D eigenvalue weighted by Gasteiger charge is -2.32. The van der Waals surface area contributed by atoms with E-state index in [0.29, 0.717) is 5.92 Å². The first-order valence-corrected chi connectivity index (χ1v) is 11.1. The second-order valence-electron chi connectivity index (χ2n) is 8.68. The third-order valence-electron chi connectivity index (χ3n) is 6.23. The largest absolute Gasteiger partial charge is 0.487 e. The van der Waals surface area contributed by atoms with Gasteiger partial charge in [-0.1, -0.05) is 50.3 Å². The van der Waals surface area contributed by atoms with E-state index in [0.717, 1.165) is 25.8 Å². The molecule has 2 aliphatic heterocycles. The summed E-state index contributed by atoms with van der Waals surface area (Å²) < 4.78 is 12.6. The molecule has 1 unspecified atom stereocenters. The zero-order chi connectivity index (χ0) is 22.9. The highest BCUT2D eigenvalue weighted by atomic mass is 16.7. The van der Waals surface area contributed by atoms with Gasteiger partial charge in [0.2, 0.25) is 0 Å². The van der Waals surface area contributed by atoms with Crippen molar-refractivity contribution in [2.45, 2.75) is 78.9 Å². The van der Waals surface area contributed by atoms with Crippen molar-refractivity contribution >= 4 is 7.12 Å². The van der Waals surface area contributed by atoms with E-state index in [1.807, 2.05) is 6.20 Å². The standard InChI is InChI=1S/C24H38BNO2.C2H4/c1-9-12-13-15-20-16-17-26(11-3)22(14-10-2)21(19(20)4)18-25-27-23(5,6)24(7,8)28-25;1-2/h9,11-12,14-15,18-19H,3,10,13,16-17H2,1-2,4-8H3;1-2H2/b12-9-,20-15-,21-18+,22-14-;. The molecule has 0 spiro atoms. The molecule has 166 valence electrons. The van der Waals surface area contributed by atoms with Crippen molar-refractivity contribution in [1.82, 2.24) is 4.90 Å². The number of nitrogens with zero attached hydrogens (tertiary/aromatic N) is 1. The molecule has 2 aliphatic rings. The topological polar surface area (TPSA) is 21.7 Å². The SMILES string of the molecule is C=C.C=CN1CC/C(=C/C/C=C\C)C(C)C(=C\B2OC(C)(C)C(C)(C)O2)/C1=C/CC. The number of likely N-dealkylation sites (tertiary alicyclic amines) is 1. The molecule has 4 heteroatoms. The third kappa shape index (κ3) is 6.12. The van der Waals surface area contributed by atoms with Crippen LogP contribution in [0.1, 0.15) is 67.7 Å². The van der Waals surface area contributed by atoms with Crippen molar-refractivity contribution in [3.05, 3.63) is 73.1 Å². The smallest absolute Gasteiger partial charge is 0.400 e. The Morgan fingerprint density at radius 3 is 2.23 bits per heavy atom. The highest BCUT2D eigenvalue weighted by Crippen LogP contribution is 2.40. The molecule has 0 aliphatic carbocycles. The predicted molar refractivity (Wildman–Crippen MR) is 132 cm³/mol. The molecule has 0 bridgehead atoms. The van der Waals surface area contributed by atoms with Crippen molar-refractivity contribution in [3.63, 3.8) is 0 Å². The molecule has 2 heterocycles. The molecular formula is C26H42BNO2. The molecule has 3 nitrogen and oxygen atoms in total.